The SMILES string of the molecule is C=C(C(=O)OCCCC)C(CC(=O)OCCCC)C(=O)OCCC(C)OC(=O)C(CC(=O)OCCCC)C(=C)C(=O)OCCCC. The van der Waals surface area contributed by atoms with Crippen LogP contribution >= 0.6 is 0 Å². The van der Waals surface area contributed by atoms with Crippen LogP contribution in [0.5, 0.6) is 0 Å². The first-order chi connectivity index (χ1) is 21.9. The zero-order valence-electron chi connectivity index (χ0n) is 28.4. The molecule has 0 radical (unpaired) electrons. The zero-order chi connectivity index (χ0) is 34.9. The summed E-state index contributed by atoms with van der Waals surface area (Å²) >= 11 is 0. The normalized spacial score (nSPS) is 12.5. The minimum atomic E-state index is -1.33. The van der Waals surface area contributed by atoms with E-state index in [2.05, 4.69) is 13.2 Å². The number of rotatable bonds is 26. The Bertz CT molecular complexity index is 1000. The first-order valence-electron chi connectivity index (χ1n) is 16.3. The van der Waals surface area contributed by atoms with Crippen molar-refractivity contribution in [2.24, 2.45) is 11.8 Å². The smallest absolute Gasteiger partial charge is 0.334 e. The van der Waals surface area contributed by atoms with Gasteiger partial charge >= 0.3 is 35.8 Å². The van der Waals surface area contributed by atoms with E-state index in [1.165, 1.54) is 6.92 Å². The van der Waals surface area contributed by atoms with E-state index in [-0.39, 0.29) is 50.6 Å². The minimum absolute atomic E-state index is 0.0274. The van der Waals surface area contributed by atoms with Crippen LogP contribution in [0.1, 0.15) is 105 Å². The van der Waals surface area contributed by atoms with E-state index in [4.69, 9.17) is 28.4 Å². The van der Waals surface area contributed by atoms with Crippen LogP contribution in [-0.4, -0.2) is 75.0 Å². The fourth-order valence-electron chi connectivity index (χ4n) is 3.66. The molecule has 0 N–H and O–H groups in total. The van der Waals surface area contributed by atoms with Crippen molar-refractivity contribution < 1.29 is 57.2 Å². The lowest BCUT2D eigenvalue weighted by molar-refractivity contribution is -0.161. The van der Waals surface area contributed by atoms with E-state index < -0.39 is 66.6 Å². The highest BCUT2D eigenvalue weighted by Crippen LogP contribution is 2.22. The summed E-state index contributed by atoms with van der Waals surface area (Å²) < 4.78 is 31.4. The van der Waals surface area contributed by atoms with Crippen LogP contribution in [0, 0.1) is 11.8 Å². The Morgan fingerprint density at radius 2 is 0.891 bits per heavy atom. The van der Waals surface area contributed by atoms with Crippen molar-refractivity contribution in [3.05, 3.63) is 24.3 Å². The monoisotopic (exact) mass is 654 g/mol. The van der Waals surface area contributed by atoms with Crippen molar-refractivity contribution in [3.63, 3.8) is 0 Å². The molecule has 0 bridgehead atoms. The molecule has 0 amide bonds. The summed E-state index contributed by atoms with van der Waals surface area (Å²) in [6, 6.07) is 0. The number of unbranched alkanes of at least 4 members (excludes halogenated alkanes) is 4. The summed E-state index contributed by atoms with van der Waals surface area (Å²) in [6.45, 7) is 17.0. The summed E-state index contributed by atoms with van der Waals surface area (Å²) in [5, 5.41) is 0. The zero-order valence-corrected chi connectivity index (χ0v) is 28.4. The molecule has 0 rings (SSSR count). The lowest BCUT2D eigenvalue weighted by atomic mass is 9.96. The second-order valence-electron chi connectivity index (χ2n) is 10.9. The van der Waals surface area contributed by atoms with Gasteiger partial charge in [0.25, 0.3) is 0 Å². The molecular weight excluding hydrogens is 600 g/mol. The Labute approximate surface area is 273 Å². The van der Waals surface area contributed by atoms with Crippen LogP contribution in [0.15, 0.2) is 24.3 Å². The average molecular weight is 655 g/mol. The van der Waals surface area contributed by atoms with Gasteiger partial charge in [0.05, 0.1) is 57.7 Å². The third kappa shape index (κ3) is 18.3. The summed E-state index contributed by atoms with van der Waals surface area (Å²) in [5.74, 6) is -7.44. The first kappa shape index (κ1) is 42.3. The van der Waals surface area contributed by atoms with Gasteiger partial charge in [-0.05, 0) is 32.6 Å². The average Bonchev–Trinajstić information content (AvgIpc) is 3.02. The molecule has 12 heteroatoms. The molecule has 0 heterocycles. The largest absolute Gasteiger partial charge is 0.466 e. The maximum atomic E-state index is 13.1. The lowest BCUT2D eigenvalue weighted by Crippen LogP contribution is -2.31. The van der Waals surface area contributed by atoms with Gasteiger partial charge < -0.3 is 28.4 Å². The van der Waals surface area contributed by atoms with E-state index in [0.717, 1.165) is 25.7 Å². The predicted molar refractivity (Wildman–Crippen MR) is 169 cm³/mol. The number of carbonyl (C=O) groups is 6. The Hall–Kier alpha value is -3.70. The van der Waals surface area contributed by atoms with Crippen molar-refractivity contribution in [1.82, 2.24) is 0 Å². The van der Waals surface area contributed by atoms with Crippen molar-refractivity contribution >= 4 is 35.8 Å². The number of ether oxygens (including phenoxy) is 6. The summed E-state index contributed by atoms with van der Waals surface area (Å²) in [5.41, 5.74) is -0.462. The Balaban J connectivity index is 5.39. The van der Waals surface area contributed by atoms with Gasteiger partial charge in [0.1, 0.15) is 6.10 Å². The molecule has 0 aliphatic rings. The minimum Gasteiger partial charge on any atom is -0.466 e. The molecule has 0 spiro atoms. The van der Waals surface area contributed by atoms with Gasteiger partial charge in [-0.3, -0.25) is 19.2 Å². The van der Waals surface area contributed by atoms with Gasteiger partial charge in [0, 0.05) is 17.6 Å². The van der Waals surface area contributed by atoms with Gasteiger partial charge in [-0.15, -0.1) is 0 Å². The second kappa shape index (κ2) is 25.5. The molecule has 0 saturated carbocycles. The topological polar surface area (TPSA) is 158 Å². The van der Waals surface area contributed by atoms with Crippen LogP contribution in [-0.2, 0) is 57.2 Å². The van der Waals surface area contributed by atoms with Crippen LogP contribution in [0.3, 0.4) is 0 Å². The molecule has 0 aromatic rings. The molecule has 0 fully saturated rings. The highest BCUT2D eigenvalue weighted by Gasteiger charge is 2.34. The van der Waals surface area contributed by atoms with Crippen molar-refractivity contribution in [2.45, 2.75) is 111 Å². The Morgan fingerprint density at radius 1 is 0.522 bits per heavy atom. The van der Waals surface area contributed by atoms with E-state index in [0.29, 0.717) is 25.7 Å². The van der Waals surface area contributed by atoms with Crippen molar-refractivity contribution in [1.29, 1.82) is 0 Å². The van der Waals surface area contributed by atoms with Crippen LogP contribution in [0.4, 0.5) is 0 Å². The molecule has 3 atom stereocenters. The summed E-state index contributed by atoms with van der Waals surface area (Å²) in [7, 11) is 0. The molecular formula is C34H54O12. The maximum absolute atomic E-state index is 13.1. The van der Waals surface area contributed by atoms with Crippen LogP contribution in [0.2, 0.25) is 0 Å². The number of hydrogen-bond acceptors (Lipinski definition) is 12. The highest BCUT2D eigenvalue weighted by atomic mass is 16.6. The molecule has 0 aromatic carbocycles. The van der Waals surface area contributed by atoms with Crippen LogP contribution < -0.4 is 0 Å². The van der Waals surface area contributed by atoms with Gasteiger partial charge in [-0.1, -0.05) is 66.5 Å². The molecule has 12 nitrogen and oxygen atoms in total. The quantitative estimate of drug-likeness (QED) is 0.0510. The summed E-state index contributed by atoms with van der Waals surface area (Å²) in [4.78, 5) is 75.8. The van der Waals surface area contributed by atoms with Gasteiger partial charge in [0.15, 0.2) is 0 Å². The summed E-state index contributed by atoms with van der Waals surface area (Å²) in [6.07, 6.45) is 4.02. The third-order valence-corrected chi connectivity index (χ3v) is 6.75. The Kier molecular flexibility index (Phi) is 23.4. The van der Waals surface area contributed by atoms with Crippen molar-refractivity contribution in [2.75, 3.05) is 33.0 Å². The number of hydrogen-bond donors (Lipinski definition) is 0. The maximum Gasteiger partial charge on any atom is 0.334 e. The molecule has 0 aromatic heterocycles. The Morgan fingerprint density at radius 3 is 1.28 bits per heavy atom. The lowest BCUT2D eigenvalue weighted by Gasteiger charge is -2.21. The molecule has 0 saturated heterocycles. The van der Waals surface area contributed by atoms with E-state index in [9.17, 15) is 28.8 Å². The van der Waals surface area contributed by atoms with E-state index in [1.807, 2.05) is 27.7 Å². The molecule has 0 aliphatic carbocycles. The first-order valence-corrected chi connectivity index (χ1v) is 16.3. The van der Waals surface area contributed by atoms with Crippen molar-refractivity contribution in [3.8, 4) is 0 Å². The van der Waals surface area contributed by atoms with Gasteiger partial charge in [0.2, 0.25) is 0 Å². The molecule has 0 aliphatic heterocycles. The second-order valence-corrected chi connectivity index (χ2v) is 10.9. The predicted octanol–water partition coefficient (Wildman–Crippen LogP) is 5.35. The molecule has 46 heavy (non-hydrogen) atoms. The molecule has 262 valence electrons. The highest BCUT2D eigenvalue weighted by molar-refractivity contribution is 5.97. The fraction of sp³-hybridized carbons (Fsp3) is 0.706. The fourth-order valence-corrected chi connectivity index (χ4v) is 3.66. The third-order valence-electron chi connectivity index (χ3n) is 6.75. The van der Waals surface area contributed by atoms with Gasteiger partial charge in [-0.25, -0.2) is 9.59 Å². The van der Waals surface area contributed by atoms with Crippen LogP contribution in [0.25, 0.3) is 0 Å². The number of esters is 6. The standard InChI is InChI=1S/C34H54O12/c1-8-12-17-41-29(35)22-27(25(6)31(37)43-19-14-10-3)33(39)45-21-16-24(5)46-34(40)28(23-30(36)42-18-13-9-2)26(7)32(38)44-20-15-11-4/h24,27-28H,6-23H2,1-5H3. The van der Waals surface area contributed by atoms with Gasteiger partial charge in [-0.2, -0.15) is 0 Å². The molecule has 3 unspecified atom stereocenters. The number of carbonyl (C=O) groups excluding carboxylic acids is 6. The van der Waals surface area contributed by atoms with E-state index >= 15 is 0 Å². The van der Waals surface area contributed by atoms with E-state index in [1.54, 1.807) is 0 Å².